The van der Waals surface area contributed by atoms with Gasteiger partial charge in [-0.1, -0.05) is 32.4 Å². The Morgan fingerprint density at radius 2 is 1.95 bits per heavy atom. The van der Waals surface area contributed by atoms with E-state index in [1.165, 1.54) is 0 Å². The quantitative estimate of drug-likeness (QED) is 0.824. The molecule has 1 heterocycles. The normalized spacial score (nSPS) is 11.5. The first-order chi connectivity index (χ1) is 9.79. The first-order valence-electron chi connectivity index (χ1n) is 6.64. The Kier molecular flexibility index (Phi) is 4.91. The van der Waals surface area contributed by atoms with Gasteiger partial charge in [-0.05, 0) is 45.8 Å². The third-order valence-electron chi connectivity index (χ3n) is 2.97. The Bertz CT molecular complexity index is 653. The largest absolute Gasteiger partial charge is 0.438 e. The van der Waals surface area contributed by atoms with Crippen LogP contribution in [-0.2, 0) is 12.0 Å². The molecule has 2 N–H and O–H groups in total. The minimum Gasteiger partial charge on any atom is -0.438 e. The van der Waals surface area contributed by atoms with E-state index in [2.05, 4.69) is 41.7 Å². The Balaban J connectivity index is 2.39. The molecule has 0 radical (unpaired) electrons. The van der Waals surface area contributed by atoms with Gasteiger partial charge in [0.2, 0.25) is 5.88 Å². The monoisotopic (exact) mass is 368 g/mol. The average molecular weight is 370 g/mol. The molecule has 1 aromatic heterocycles. The second-order valence-electron chi connectivity index (χ2n) is 5.83. The average Bonchev–Trinajstić information content (AvgIpc) is 2.40. The predicted octanol–water partition coefficient (Wildman–Crippen LogP) is 5.05. The molecule has 0 bridgehead atoms. The number of halogens is 2. The maximum absolute atomic E-state index is 5.93. The molecule has 2 aromatic rings. The number of nitrogens with two attached hydrogens (primary N) is 1. The molecule has 0 aliphatic rings. The summed E-state index contributed by atoms with van der Waals surface area (Å²) in [5, 5.41) is 0.647. The van der Waals surface area contributed by atoms with Crippen LogP contribution in [0.25, 0.3) is 0 Å². The van der Waals surface area contributed by atoms with Crippen molar-refractivity contribution in [1.29, 1.82) is 0 Å². The van der Waals surface area contributed by atoms with E-state index < -0.39 is 0 Å². The lowest BCUT2D eigenvalue weighted by atomic mass is 9.91. The fourth-order valence-electron chi connectivity index (χ4n) is 1.78. The van der Waals surface area contributed by atoms with E-state index in [-0.39, 0.29) is 5.41 Å². The van der Waals surface area contributed by atoms with Gasteiger partial charge in [0.05, 0.1) is 10.2 Å². The number of benzene rings is 1. The van der Waals surface area contributed by atoms with Gasteiger partial charge in [-0.25, -0.2) is 4.98 Å². The summed E-state index contributed by atoms with van der Waals surface area (Å²) in [7, 11) is 0. The number of nitrogens with zero attached hydrogens (tertiary/aromatic N) is 1. The molecule has 2 rings (SSSR count). The third kappa shape index (κ3) is 4.19. The molecule has 112 valence electrons. The number of hydrogen-bond acceptors (Lipinski definition) is 3. The molecule has 0 aliphatic heterocycles. The zero-order valence-corrected chi connectivity index (χ0v) is 14.6. The second-order valence-corrected chi connectivity index (χ2v) is 7.12. The van der Waals surface area contributed by atoms with E-state index >= 15 is 0 Å². The zero-order valence-electron chi connectivity index (χ0n) is 12.3. The number of rotatable bonds is 3. The van der Waals surface area contributed by atoms with E-state index in [0.717, 1.165) is 15.7 Å². The summed E-state index contributed by atoms with van der Waals surface area (Å²) in [5.41, 5.74) is 7.64. The minimum absolute atomic E-state index is 0.0689. The van der Waals surface area contributed by atoms with Crippen molar-refractivity contribution in [2.75, 3.05) is 0 Å². The maximum Gasteiger partial charge on any atom is 0.219 e. The van der Waals surface area contributed by atoms with Crippen LogP contribution in [0.4, 0.5) is 0 Å². The van der Waals surface area contributed by atoms with Crippen LogP contribution < -0.4 is 10.5 Å². The smallest absolute Gasteiger partial charge is 0.219 e. The fraction of sp³-hybridized carbons (Fsp3) is 0.312. The lowest BCUT2D eigenvalue weighted by Crippen LogP contribution is -2.15. The van der Waals surface area contributed by atoms with E-state index in [4.69, 9.17) is 22.1 Å². The molecule has 0 aliphatic carbocycles. The molecule has 21 heavy (non-hydrogen) atoms. The van der Waals surface area contributed by atoms with E-state index in [1.807, 2.05) is 12.1 Å². The summed E-state index contributed by atoms with van der Waals surface area (Å²) in [6, 6.07) is 9.24. The summed E-state index contributed by atoms with van der Waals surface area (Å²) in [5.74, 6) is 1.20. The van der Waals surface area contributed by atoms with Crippen molar-refractivity contribution in [2.45, 2.75) is 32.7 Å². The van der Waals surface area contributed by atoms with Crippen LogP contribution in [0.5, 0.6) is 11.6 Å². The van der Waals surface area contributed by atoms with Crippen molar-refractivity contribution in [1.82, 2.24) is 4.98 Å². The lowest BCUT2D eigenvalue weighted by molar-refractivity contribution is 0.448. The van der Waals surface area contributed by atoms with Crippen molar-refractivity contribution in [3.05, 3.63) is 51.1 Å². The van der Waals surface area contributed by atoms with Gasteiger partial charge in [0, 0.05) is 23.0 Å². The molecule has 0 fully saturated rings. The summed E-state index contributed by atoms with van der Waals surface area (Å²) < 4.78 is 6.65. The number of hydrogen-bond donors (Lipinski definition) is 1. The predicted molar refractivity (Wildman–Crippen MR) is 90.1 cm³/mol. The highest BCUT2D eigenvalue weighted by Gasteiger charge is 2.18. The topological polar surface area (TPSA) is 48.1 Å². The molecule has 1 aromatic carbocycles. The fourth-order valence-corrected chi connectivity index (χ4v) is 2.55. The first kappa shape index (κ1) is 16.3. The summed E-state index contributed by atoms with van der Waals surface area (Å²) >= 11 is 9.37. The Hall–Kier alpha value is -1.10. The molecule has 0 unspecified atom stereocenters. The molecule has 5 heteroatoms. The van der Waals surface area contributed by atoms with Gasteiger partial charge in [0.25, 0.3) is 0 Å². The van der Waals surface area contributed by atoms with Gasteiger partial charge < -0.3 is 10.5 Å². The number of pyridine rings is 1. The van der Waals surface area contributed by atoms with Crippen LogP contribution in [0.2, 0.25) is 5.02 Å². The molecular weight excluding hydrogens is 352 g/mol. The van der Waals surface area contributed by atoms with Gasteiger partial charge in [-0.3, -0.25) is 0 Å². The maximum atomic E-state index is 5.93. The number of ether oxygens (including phenoxy) is 1. The summed E-state index contributed by atoms with van der Waals surface area (Å²) in [6.45, 7) is 6.77. The van der Waals surface area contributed by atoms with Crippen molar-refractivity contribution >= 4 is 27.5 Å². The molecule has 0 atom stereocenters. The molecule has 0 saturated carbocycles. The van der Waals surface area contributed by atoms with Crippen LogP contribution in [0.15, 0.2) is 34.8 Å². The van der Waals surface area contributed by atoms with Crippen LogP contribution >= 0.6 is 27.5 Å². The first-order valence-corrected chi connectivity index (χ1v) is 7.81. The molecule has 0 saturated heterocycles. The molecule has 0 amide bonds. The minimum atomic E-state index is -0.0689. The van der Waals surface area contributed by atoms with Crippen molar-refractivity contribution in [3.8, 4) is 11.6 Å². The highest BCUT2D eigenvalue weighted by molar-refractivity contribution is 9.10. The Morgan fingerprint density at radius 3 is 2.52 bits per heavy atom. The van der Waals surface area contributed by atoms with Crippen molar-refractivity contribution in [2.24, 2.45) is 5.73 Å². The van der Waals surface area contributed by atoms with Crippen LogP contribution in [0, 0.1) is 0 Å². The van der Waals surface area contributed by atoms with Crippen molar-refractivity contribution in [3.63, 3.8) is 0 Å². The summed E-state index contributed by atoms with van der Waals surface area (Å²) in [6.07, 6.45) is 0. The second kappa shape index (κ2) is 6.34. The third-order valence-corrected chi connectivity index (χ3v) is 3.83. The van der Waals surface area contributed by atoms with E-state index in [9.17, 15) is 0 Å². The van der Waals surface area contributed by atoms with Gasteiger partial charge in [0.15, 0.2) is 0 Å². The highest BCUT2D eigenvalue weighted by Crippen LogP contribution is 2.32. The zero-order chi connectivity index (χ0) is 15.6. The van der Waals surface area contributed by atoms with Crippen molar-refractivity contribution < 1.29 is 4.74 Å². The van der Waals surface area contributed by atoms with Gasteiger partial charge in [-0.15, -0.1) is 0 Å². The van der Waals surface area contributed by atoms with Crippen LogP contribution in [0.1, 0.15) is 32.0 Å². The molecule has 0 spiro atoms. The molecule has 3 nitrogen and oxygen atoms in total. The SMILES string of the molecule is CC(C)(C)c1cc(CN)cc(Oc2ccc(Cl)cc2Br)n1. The Labute approximate surface area is 138 Å². The van der Waals surface area contributed by atoms with E-state index in [0.29, 0.717) is 23.2 Å². The molecular formula is C16H18BrClN2O. The van der Waals surface area contributed by atoms with Crippen LogP contribution in [0.3, 0.4) is 0 Å². The van der Waals surface area contributed by atoms with Gasteiger partial charge in [0.1, 0.15) is 5.75 Å². The lowest BCUT2D eigenvalue weighted by Gasteiger charge is -2.20. The van der Waals surface area contributed by atoms with Crippen LogP contribution in [-0.4, -0.2) is 4.98 Å². The standard InChI is InChI=1S/C16H18BrClN2O/c1-16(2,3)14-6-10(9-19)7-15(20-14)21-13-5-4-11(18)8-12(13)17/h4-8H,9,19H2,1-3H3. The highest BCUT2D eigenvalue weighted by atomic mass is 79.9. The van der Waals surface area contributed by atoms with Gasteiger partial charge >= 0.3 is 0 Å². The number of aromatic nitrogens is 1. The Morgan fingerprint density at radius 1 is 1.24 bits per heavy atom. The van der Waals surface area contributed by atoms with E-state index in [1.54, 1.807) is 18.2 Å². The summed E-state index contributed by atoms with van der Waals surface area (Å²) in [4.78, 5) is 4.58. The van der Waals surface area contributed by atoms with Gasteiger partial charge in [-0.2, -0.15) is 0 Å².